The van der Waals surface area contributed by atoms with E-state index in [1.54, 1.807) is 0 Å². The van der Waals surface area contributed by atoms with Crippen LogP contribution in [0.5, 0.6) is 0 Å². The molecule has 0 atom stereocenters. The molecule has 1 fully saturated rings. The zero-order valence-electron chi connectivity index (χ0n) is 11.9. The number of nitrogens with one attached hydrogen (secondary N) is 1. The number of hydrogen-bond donors (Lipinski definition) is 1. The van der Waals surface area contributed by atoms with Crippen LogP contribution in [0.15, 0.2) is 16.7 Å². The van der Waals surface area contributed by atoms with Gasteiger partial charge >= 0.3 is 0 Å². The molecule has 0 amide bonds. The van der Waals surface area contributed by atoms with E-state index in [1.165, 1.54) is 31.2 Å². The summed E-state index contributed by atoms with van der Waals surface area (Å²) in [5, 5.41) is 3.45. The summed E-state index contributed by atoms with van der Waals surface area (Å²) in [5.74, 6) is 1.12. The van der Waals surface area contributed by atoms with Gasteiger partial charge in [-0.05, 0) is 26.0 Å². The molecule has 1 aromatic rings. The Hall–Kier alpha value is -0.800. The van der Waals surface area contributed by atoms with Gasteiger partial charge in [-0.2, -0.15) is 0 Å². The van der Waals surface area contributed by atoms with Crippen LogP contribution in [0.25, 0.3) is 0 Å². The number of hydrogen-bond acceptors (Lipinski definition) is 3. The first-order valence-corrected chi connectivity index (χ1v) is 7.15. The molecule has 0 aromatic carbocycles. The van der Waals surface area contributed by atoms with E-state index >= 15 is 0 Å². The fourth-order valence-corrected chi connectivity index (χ4v) is 2.68. The van der Waals surface area contributed by atoms with E-state index in [1.807, 2.05) is 6.26 Å². The van der Waals surface area contributed by atoms with E-state index in [2.05, 4.69) is 37.2 Å². The fourth-order valence-electron chi connectivity index (χ4n) is 2.68. The number of nitrogens with zero attached hydrogens (tertiary/aromatic N) is 1. The summed E-state index contributed by atoms with van der Waals surface area (Å²) in [4.78, 5) is 2.45. The van der Waals surface area contributed by atoms with E-state index in [0.717, 1.165) is 24.9 Å². The van der Waals surface area contributed by atoms with Crippen LogP contribution in [0, 0.1) is 0 Å². The molecule has 1 aromatic heterocycles. The van der Waals surface area contributed by atoms with Gasteiger partial charge in [-0.25, -0.2) is 0 Å². The second-order valence-electron chi connectivity index (χ2n) is 5.76. The van der Waals surface area contributed by atoms with Gasteiger partial charge < -0.3 is 9.73 Å². The minimum Gasteiger partial charge on any atom is -0.468 e. The highest BCUT2D eigenvalue weighted by molar-refractivity contribution is 5.17. The van der Waals surface area contributed by atoms with Crippen LogP contribution in [0.1, 0.15) is 50.9 Å². The average molecular weight is 250 g/mol. The molecule has 1 aliphatic carbocycles. The van der Waals surface area contributed by atoms with Crippen molar-refractivity contribution < 1.29 is 4.42 Å². The molecule has 18 heavy (non-hydrogen) atoms. The maximum atomic E-state index is 5.65. The zero-order valence-corrected chi connectivity index (χ0v) is 11.9. The lowest BCUT2D eigenvalue weighted by atomic mass is 10.2. The number of rotatable bonds is 6. The van der Waals surface area contributed by atoms with Crippen LogP contribution in [0.4, 0.5) is 0 Å². The Balaban J connectivity index is 1.90. The lowest BCUT2D eigenvalue weighted by Crippen LogP contribution is -2.29. The Kier molecular flexibility index (Phi) is 4.84. The normalized spacial score (nSPS) is 17.2. The average Bonchev–Trinajstić information content (AvgIpc) is 2.97. The molecule has 0 aliphatic heterocycles. The van der Waals surface area contributed by atoms with E-state index < -0.39 is 0 Å². The van der Waals surface area contributed by atoms with Crippen LogP contribution in [0.3, 0.4) is 0 Å². The molecule has 0 bridgehead atoms. The summed E-state index contributed by atoms with van der Waals surface area (Å²) < 4.78 is 5.65. The van der Waals surface area contributed by atoms with E-state index in [9.17, 15) is 0 Å². The van der Waals surface area contributed by atoms with E-state index in [4.69, 9.17) is 4.42 Å². The summed E-state index contributed by atoms with van der Waals surface area (Å²) >= 11 is 0. The molecule has 1 heterocycles. The van der Waals surface area contributed by atoms with Crippen LogP contribution in [-0.2, 0) is 13.1 Å². The van der Waals surface area contributed by atoms with Crippen molar-refractivity contribution in [1.29, 1.82) is 0 Å². The van der Waals surface area contributed by atoms with Gasteiger partial charge in [0.1, 0.15) is 5.76 Å². The largest absolute Gasteiger partial charge is 0.468 e. The van der Waals surface area contributed by atoms with Crippen molar-refractivity contribution in [3.05, 3.63) is 23.7 Å². The van der Waals surface area contributed by atoms with Crippen molar-refractivity contribution in [2.24, 2.45) is 0 Å². The van der Waals surface area contributed by atoms with Gasteiger partial charge in [0.25, 0.3) is 0 Å². The van der Waals surface area contributed by atoms with Crippen molar-refractivity contribution in [3.8, 4) is 0 Å². The van der Waals surface area contributed by atoms with Crippen molar-refractivity contribution in [2.75, 3.05) is 7.05 Å². The van der Waals surface area contributed by atoms with Crippen LogP contribution >= 0.6 is 0 Å². The van der Waals surface area contributed by atoms with Gasteiger partial charge in [0.2, 0.25) is 0 Å². The van der Waals surface area contributed by atoms with Crippen molar-refractivity contribution in [1.82, 2.24) is 10.2 Å². The molecule has 1 N–H and O–H groups in total. The molecule has 0 radical (unpaired) electrons. The van der Waals surface area contributed by atoms with Crippen LogP contribution < -0.4 is 5.32 Å². The summed E-state index contributed by atoms with van der Waals surface area (Å²) in [6.07, 6.45) is 7.27. The molecule has 1 saturated carbocycles. The highest BCUT2D eigenvalue weighted by Crippen LogP contribution is 2.24. The molecule has 1 aliphatic rings. The van der Waals surface area contributed by atoms with Gasteiger partial charge in [0.15, 0.2) is 0 Å². The molecule has 3 heteroatoms. The lowest BCUT2D eigenvalue weighted by molar-refractivity contribution is 0.218. The highest BCUT2D eigenvalue weighted by Gasteiger charge is 2.21. The Bertz CT molecular complexity index is 353. The second kappa shape index (κ2) is 6.39. The van der Waals surface area contributed by atoms with Crippen LogP contribution in [-0.4, -0.2) is 24.0 Å². The molecular formula is C15H26N2O. The maximum absolute atomic E-state index is 5.65. The SMILES string of the molecule is CC(C)NCc1ccoc1CN(C)C1CCCC1. The second-order valence-corrected chi connectivity index (χ2v) is 5.76. The Morgan fingerprint density at radius 3 is 2.78 bits per heavy atom. The Morgan fingerprint density at radius 1 is 1.39 bits per heavy atom. The summed E-state index contributed by atoms with van der Waals surface area (Å²) in [6.45, 7) is 6.18. The van der Waals surface area contributed by atoms with Crippen molar-refractivity contribution in [2.45, 2.75) is 64.7 Å². The minimum absolute atomic E-state index is 0.514. The van der Waals surface area contributed by atoms with Gasteiger partial charge in [-0.15, -0.1) is 0 Å². The molecule has 0 unspecified atom stereocenters. The van der Waals surface area contributed by atoms with Gasteiger partial charge in [-0.1, -0.05) is 26.7 Å². The molecule has 0 spiro atoms. The maximum Gasteiger partial charge on any atom is 0.122 e. The zero-order chi connectivity index (χ0) is 13.0. The first-order valence-electron chi connectivity index (χ1n) is 7.15. The summed E-state index contributed by atoms with van der Waals surface area (Å²) in [5.41, 5.74) is 1.30. The van der Waals surface area contributed by atoms with Gasteiger partial charge in [-0.3, -0.25) is 4.90 Å². The quantitative estimate of drug-likeness (QED) is 0.840. The van der Waals surface area contributed by atoms with Gasteiger partial charge in [0.05, 0.1) is 12.8 Å². The monoisotopic (exact) mass is 250 g/mol. The molecule has 2 rings (SSSR count). The number of furan rings is 1. The van der Waals surface area contributed by atoms with Crippen molar-refractivity contribution >= 4 is 0 Å². The first kappa shape index (κ1) is 13.6. The third-order valence-electron chi connectivity index (χ3n) is 3.88. The molecule has 0 saturated heterocycles. The Labute approximate surface area is 111 Å². The fraction of sp³-hybridized carbons (Fsp3) is 0.733. The molecule has 102 valence electrons. The van der Waals surface area contributed by atoms with Crippen molar-refractivity contribution in [3.63, 3.8) is 0 Å². The third-order valence-corrected chi connectivity index (χ3v) is 3.88. The van der Waals surface area contributed by atoms with Gasteiger partial charge in [0, 0.05) is 24.2 Å². The topological polar surface area (TPSA) is 28.4 Å². The van der Waals surface area contributed by atoms with Crippen LogP contribution in [0.2, 0.25) is 0 Å². The van der Waals surface area contributed by atoms with E-state index in [0.29, 0.717) is 6.04 Å². The predicted octanol–water partition coefficient (Wildman–Crippen LogP) is 3.15. The Morgan fingerprint density at radius 2 is 2.11 bits per heavy atom. The smallest absolute Gasteiger partial charge is 0.122 e. The highest BCUT2D eigenvalue weighted by atomic mass is 16.3. The molecular weight excluding hydrogens is 224 g/mol. The minimum atomic E-state index is 0.514. The summed E-state index contributed by atoms with van der Waals surface area (Å²) in [7, 11) is 2.22. The standard InChI is InChI=1S/C15H26N2O/c1-12(2)16-10-13-8-9-18-15(13)11-17(3)14-6-4-5-7-14/h8-9,12,14,16H,4-7,10-11H2,1-3H3. The lowest BCUT2D eigenvalue weighted by Gasteiger charge is -2.23. The van der Waals surface area contributed by atoms with E-state index in [-0.39, 0.29) is 0 Å². The first-order chi connectivity index (χ1) is 8.66. The predicted molar refractivity (Wildman–Crippen MR) is 74.4 cm³/mol. The summed E-state index contributed by atoms with van der Waals surface area (Å²) in [6, 6.07) is 3.36. The third kappa shape index (κ3) is 3.59. The molecule has 3 nitrogen and oxygen atoms in total.